The Bertz CT molecular complexity index is 931. The van der Waals surface area contributed by atoms with E-state index in [1.807, 2.05) is 85.7 Å². The van der Waals surface area contributed by atoms with Gasteiger partial charge in [0, 0.05) is 12.6 Å². The van der Waals surface area contributed by atoms with Gasteiger partial charge in [-0.2, -0.15) is 0 Å². The molecule has 5 nitrogen and oxygen atoms in total. The van der Waals surface area contributed by atoms with Crippen LogP contribution in [0.2, 0.25) is 0 Å². The average Bonchev–Trinajstić information content (AvgIpc) is 2.79. The highest BCUT2D eigenvalue weighted by molar-refractivity contribution is 6.02. The molecule has 0 radical (unpaired) electrons. The van der Waals surface area contributed by atoms with Gasteiger partial charge in [-0.05, 0) is 37.7 Å². The molecule has 1 amide bonds. The Morgan fingerprint density at radius 3 is 2.13 bits per heavy atom. The highest BCUT2D eigenvalue weighted by Gasteiger charge is 2.40. The summed E-state index contributed by atoms with van der Waals surface area (Å²) in [7, 11) is 3.98. The van der Waals surface area contributed by atoms with Crippen LogP contribution in [-0.2, 0) is 10.2 Å². The van der Waals surface area contributed by atoms with E-state index in [9.17, 15) is 4.79 Å². The Hall–Kier alpha value is -3.44. The van der Waals surface area contributed by atoms with Gasteiger partial charge >= 0.3 is 0 Å². The normalized spacial score (nSPS) is 11.2. The fourth-order valence-corrected chi connectivity index (χ4v) is 3.53. The molecule has 0 saturated heterocycles. The van der Waals surface area contributed by atoms with Crippen molar-refractivity contribution >= 4 is 11.6 Å². The molecule has 5 heteroatoms. The van der Waals surface area contributed by atoms with Crippen molar-refractivity contribution in [1.29, 1.82) is 0 Å². The largest absolute Gasteiger partial charge is 0.476 e. The van der Waals surface area contributed by atoms with Gasteiger partial charge in [0.15, 0.2) is 0 Å². The highest BCUT2D eigenvalue weighted by atomic mass is 16.5. The molecule has 0 unspecified atom stereocenters. The molecule has 2 aromatic carbocycles. The molecule has 3 aromatic rings. The van der Waals surface area contributed by atoms with E-state index in [0.717, 1.165) is 17.7 Å². The number of nitrogens with zero attached hydrogens (tertiary/aromatic N) is 2. The number of hydrogen-bond donors (Lipinski definition) is 1. The number of anilines is 1. The number of likely N-dealkylation sites (N-methyl/N-ethyl adjacent to an activating group) is 1. The second-order valence-corrected chi connectivity index (χ2v) is 7.62. The number of nitrogens with one attached hydrogen (secondary N) is 1. The molecule has 1 aromatic heterocycles. The lowest BCUT2D eigenvalue weighted by Gasteiger charge is -2.33. The van der Waals surface area contributed by atoms with Gasteiger partial charge in [0.05, 0.1) is 11.9 Å². The van der Waals surface area contributed by atoms with Gasteiger partial charge in [0.25, 0.3) is 0 Å². The molecule has 0 atom stereocenters. The second-order valence-electron chi connectivity index (χ2n) is 7.62. The van der Waals surface area contributed by atoms with Crippen molar-refractivity contribution in [3.05, 3.63) is 103 Å². The van der Waals surface area contributed by atoms with Crippen LogP contribution < -0.4 is 10.1 Å². The number of amides is 1. The first kappa shape index (κ1) is 22.2. The molecular weight excluding hydrogens is 386 g/mol. The fraction of sp³-hybridized carbons (Fsp3) is 0.231. The standard InChI is InChI=1S/C26H29N3O2/c1-4-17-26(21-11-7-5-8-12-21,22-13-9-6-10-14-22)25(30)28-23-15-16-24(27-20-23)31-19-18-29(2)3/h4-16,20H,1,17-19H2,2-3H3,(H,28,30). The smallest absolute Gasteiger partial charge is 0.239 e. The van der Waals surface area contributed by atoms with E-state index < -0.39 is 5.41 Å². The van der Waals surface area contributed by atoms with Crippen LogP contribution in [0.25, 0.3) is 0 Å². The summed E-state index contributed by atoms with van der Waals surface area (Å²) in [4.78, 5) is 20.1. The van der Waals surface area contributed by atoms with Gasteiger partial charge in [-0.1, -0.05) is 66.7 Å². The van der Waals surface area contributed by atoms with Crippen molar-refractivity contribution in [2.75, 3.05) is 32.6 Å². The Balaban J connectivity index is 1.88. The second kappa shape index (κ2) is 10.5. The zero-order chi connectivity index (χ0) is 22.1. The molecular formula is C26H29N3O2. The van der Waals surface area contributed by atoms with Crippen LogP contribution in [0, 0.1) is 0 Å². The van der Waals surface area contributed by atoms with Gasteiger partial charge in [-0.3, -0.25) is 4.79 Å². The lowest BCUT2D eigenvalue weighted by molar-refractivity contribution is -0.120. The molecule has 0 aliphatic carbocycles. The molecule has 1 N–H and O–H groups in total. The Kier molecular flexibility index (Phi) is 7.57. The third-order valence-electron chi connectivity index (χ3n) is 5.15. The summed E-state index contributed by atoms with van der Waals surface area (Å²) in [5, 5.41) is 3.05. The number of ether oxygens (including phenoxy) is 1. The van der Waals surface area contributed by atoms with Gasteiger partial charge in [-0.25, -0.2) is 4.98 Å². The first-order valence-corrected chi connectivity index (χ1v) is 10.3. The molecule has 1 heterocycles. The summed E-state index contributed by atoms with van der Waals surface area (Å²) in [6.45, 7) is 5.28. The van der Waals surface area contributed by atoms with Crippen LogP contribution in [0.1, 0.15) is 17.5 Å². The van der Waals surface area contributed by atoms with E-state index in [0.29, 0.717) is 24.6 Å². The lowest BCUT2D eigenvalue weighted by atomic mass is 9.71. The number of allylic oxidation sites excluding steroid dienone is 1. The van der Waals surface area contributed by atoms with Gasteiger partial charge in [-0.15, -0.1) is 6.58 Å². The van der Waals surface area contributed by atoms with E-state index in [2.05, 4.69) is 16.9 Å². The number of benzene rings is 2. The predicted molar refractivity (Wildman–Crippen MR) is 125 cm³/mol. The van der Waals surface area contributed by atoms with E-state index in [1.54, 1.807) is 18.3 Å². The number of aromatic nitrogens is 1. The minimum absolute atomic E-state index is 0.132. The topological polar surface area (TPSA) is 54.5 Å². The zero-order valence-electron chi connectivity index (χ0n) is 18.1. The van der Waals surface area contributed by atoms with Gasteiger partial charge in [0.1, 0.15) is 12.0 Å². The van der Waals surface area contributed by atoms with E-state index in [-0.39, 0.29) is 5.91 Å². The van der Waals surface area contributed by atoms with E-state index >= 15 is 0 Å². The van der Waals surface area contributed by atoms with Crippen molar-refractivity contribution in [3.8, 4) is 5.88 Å². The molecule has 0 aliphatic heterocycles. The zero-order valence-corrected chi connectivity index (χ0v) is 18.1. The van der Waals surface area contributed by atoms with Crippen LogP contribution in [-0.4, -0.2) is 43.0 Å². The molecule has 0 saturated carbocycles. The van der Waals surface area contributed by atoms with Crippen LogP contribution in [0.3, 0.4) is 0 Å². The van der Waals surface area contributed by atoms with Crippen molar-refractivity contribution in [3.63, 3.8) is 0 Å². The monoisotopic (exact) mass is 415 g/mol. The SMILES string of the molecule is C=CCC(C(=O)Nc1ccc(OCCN(C)C)nc1)(c1ccccc1)c1ccccc1. The number of hydrogen-bond acceptors (Lipinski definition) is 4. The number of pyridine rings is 1. The van der Waals surface area contributed by atoms with Crippen molar-refractivity contribution in [2.45, 2.75) is 11.8 Å². The van der Waals surface area contributed by atoms with Crippen molar-refractivity contribution < 1.29 is 9.53 Å². The third-order valence-corrected chi connectivity index (χ3v) is 5.15. The predicted octanol–water partition coefficient (Wildman–Crippen LogP) is 4.52. The Labute approximate surface area is 184 Å². The van der Waals surface area contributed by atoms with E-state index in [1.165, 1.54) is 0 Å². The van der Waals surface area contributed by atoms with Crippen LogP contribution in [0.15, 0.2) is 91.6 Å². The molecule has 0 bridgehead atoms. The molecule has 160 valence electrons. The molecule has 0 aliphatic rings. The summed E-state index contributed by atoms with van der Waals surface area (Å²) < 4.78 is 5.64. The first-order chi connectivity index (χ1) is 15.1. The summed E-state index contributed by atoms with van der Waals surface area (Å²) in [5.41, 5.74) is 1.54. The number of carbonyl (C=O) groups excluding carboxylic acids is 1. The maximum atomic E-state index is 13.7. The summed E-state index contributed by atoms with van der Waals surface area (Å²) in [6, 6.07) is 23.2. The number of rotatable bonds is 10. The fourth-order valence-electron chi connectivity index (χ4n) is 3.53. The minimum atomic E-state index is -0.898. The van der Waals surface area contributed by atoms with E-state index in [4.69, 9.17) is 4.74 Å². The van der Waals surface area contributed by atoms with Crippen LogP contribution in [0.4, 0.5) is 5.69 Å². The summed E-state index contributed by atoms with van der Waals surface area (Å²) >= 11 is 0. The number of carbonyl (C=O) groups is 1. The Morgan fingerprint density at radius 2 is 1.65 bits per heavy atom. The first-order valence-electron chi connectivity index (χ1n) is 10.3. The highest BCUT2D eigenvalue weighted by Crippen LogP contribution is 2.37. The van der Waals surface area contributed by atoms with Crippen LogP contribution >= 0.6 is 0 Å². The molecule has 0 fully saturated rings. The Morgan fingerprint density at radius 1 is 1.03 bits per heavy atom. The minimum Gasteiger partial charge on any atom is -0.476 e. The maximum Gasteiger partial charge on any atom is 0.239 e. The quantitative estimate of drug-likeness (QED) is 0.495. The van der Waals surface area contributed by atoms with Crippen molar-refractivity contribution in [1.82, 2.24) is 9.88 Å². The third kappa shape index (κ3) is 5.38. The van der Waals surface area contributed by atoms with Crippen LogP contribution in [0.5, 0.6) is 5.88 Å². The maximum absolute atomic E-state index is 13.7. The van der Waals surface area contributed by atoms with Crippen molar-refractivity contribution in [2.24, 2.45) is 0 Å². The van der Waals surface area contributed by atoms with Gasteiger partial charge < -0.3 is 15.0 Å². The molecule has 31 heavy (non-hydrogen) atoms. The molecule has 3 rings (SSSR count). The summed E-state index contributed by atoms with van der Waals surface area (Å²) in [5.74, 6) is 0.399. The molecule has 0 spiro atoms. The average molecular weight is 416 g/mol. The van der Waals surface area contributed by atoms with Gasteiger partial charge in [0.2, 0.25) is 11.8 Å². The summed E-state index contributed by atoms with van der Waals surface area (Å²) in [6.07, 6.45) is 3.88. The lowest BCUT2D eigenvalue weighted by Crippen LogP contribution is -2.41.